The number of carbonyl (C=O) groups is 2. The van der Waals surface area contributed by atoms with Crippen LogP contribution in [0.1, 0.15) is 26.6 Å². The molecule has 2 amide bonds. The second-order valence-electron chi connectivity index (χ2n) is 5.57. The van der Waals surface area contributed by atoms with E-state index in [1.54, 1.807) is 48.5 Å². The molecule has 4 rings (SSSR count). The fraction of sp³-hybridized carbons (Fsp3) is 0.111. The molecule has 1 aromatic heterocycles. The molecule has 3 aromatic rings. The van der Waals surface area contributed by atoms with Crippen molar-refractivity contribution in [2.75, 3.05) is 6.54 Å². The van der Waals surface area contributed by atoms with E-state index < -0.39 is 0 Å². The molecule has 7 heteroatoms. The van der Waals surface area contributed by atoms with Crippen LogP contribution in [0.15, 0.2) is 52.9 Å². The number of rotatable bonds is 4. The first-order valence-electron chi connectivity index (χ1n) is 7.67. The quantitative estimate of drug-likeness (QED) is 0.673. The lowest BCUT2D eigenvalue weighted by Gasteiger charge is -2.11. The molecule has 0 spiro atoms. The number of halogens is 1. The van der Waals surface area contributed by atoms with E-state index in [-0.39, 0.29) is 18.4 Å². The summed E-state index contributed by atoms with van der Waals surface area (Å²) in [6, 6.07) is 13.8. The van der Waals surface area contributed by atoms with Gasteiger partial charge < -0.3 is 4.42 Å². The maximum Gasteiger partial charge on any atom is 0.261 e. The number of hydrogen-bond donors (Lipinski definition) is 0. The summed E-state index contributed by atoms with van der Waals surface area (Å²) in [7, 11) is 0. The van der Waals surface area contributed by atoms with Gasteiger partial charge in [-0.3, -0.25) is 14.5 Å². The van der Waals surface area contributed by atoms with Gasteiger partial charge in [0.15, 0.2) is 0 Å². The van der Waals surface area contributed by atoms with Crippen LogP contribution >= 0.6 is 11.6 Å². The highest BCUT2D eigenvalue weighted by molar-refractivity contribution is 6.30. The number of hydrogen-bond acceptors (Lipinski definition) is 5. The van der Waals surface area contributed by atoms with Crippen molar-refractivity contribution >= 4 is 23.4 Å². The molecule has 0 fully saturated rings. The number of amides is 2. The van der Waals surface area contributed by atoms with Crippen molar-refractivity contribution in [1.82, 2.24) is 15.1 Å². The first kappa shape index (κ1) is 15.5. The Morgan fingerprint density at radius 1 is 0.920 bits per heavy atom. The highest BCUT2D eigenvalue weighted by Gasteiger charge is 2.34. The zero-order valence-electron chi connectivity index (χ0n) is 13.0. The van der Waals surface area contributed by atoms with E-state index in [4.69, 9.17) is 16.0 Å². The predicted octanol–water partition coefficient (Wildman–Crippen LogP) is 3.23. The molecule has 124 valence electrons. The lowest BCUT2D eigenvalue weighted by molar-refractivity contribution is 0.0654. The van der Waals surface area contributed by atoms with Gasteiger partial charge in [-0.05, 0) is 36.4 Å². The van der Waals surface area contributed by atoms with Crippen molar-refractivity contribution in [2.45, 2.75) is 6.42 Å². The molecule has 2 heterocycles. The van der Waals surface area contributed by atoms with Crippen molar-refractivity contribution in [2.24, 2.45) is 0 Å². The van der Waals surface area contributed by atoms with Crippen LogP contribution in [0.4, 0.5) is 0 Å². The topological polar surface area (TPSA) is 76.3 Å². The van der Waals surface area contributed by atoms with Gasteiger partial charge in [-0.25, -0.2) is 0 Å². The Labute approximate surface area is 148 Å². The summed E-state index contributed by atoms with van der Waals surface area (Å²) < 4.78 is 5.60. The van der Waals surface area contributed by atoms with Crippen molar-refractivity contribution in [1.29, 1.82) is 0 Å². The summed E-state index contributed by atoms with van der Waals surface area (Å²) in [5.74, 6) is 0.145. The van der Waals surface area contributed by atoms with E-state index in [9.17, 15) is 9.59 Å². The average Bonchev–Trinajstić information content (AvgIpc) is 3.19. The molecule has 0 bridgehead atoms. The van der Waals surface area contributed by atoms with E-state index >= 15 is 0 Å². The monoisotopic (exact) mass is 353 g/mol. The Morgan fingerprint density at radius 3 is 2.20 bits per heavy atom. The third kappa shape index (κ3) is 2.81. The Bertz CT molecular complexity index is 931. The third-order valence-electron chi connectivity index (χ3n) is 3.99. The van der Waals surface area contributed by atoms with Gasteiger partial charge in [-0.1, -0.05) is 23.7 Å². The number of carbonyl (C=O) groups excluding carboxylic acids is 2. The minimum Gasteiger partial charge on any atom is -0.421 e. The molecule has 0 N–H and O–H groups in total. The second-order valence-corrected chi connectivity index (χ2v) is 6.00. The van der Waals surface area contributed by atoms with E-state index in [0.29, 0.717) is 34.4 Å². The Kier molecular flexibility index (Phi) is 3.82. The summed E-state index contributed by atoms with van der Waals surface area (Å²) >= 11 is 5.86. The molecular formula is C18H12ClN3O3. The maximum atomic E-state index is 12.3. The van der Waals surface area contributed by atoms with Crippen molar-refractivity contribution in [3.05, 3.63) is 70.6 Å². The van der Waals surface area contributed by atoms with Gasteiger partial charge in [-0.2, -0.15) is 0 Å². The molecule has 0 saturated heterocycles. The molecule has 0 aliphatic carbocycles. The van der Waals surface area contributed by atoms with Crippen LogP contribution in [-0.4, -0.2) is 33.5 Å². The van der Waals surface area contributed by atoms with Crippen LogP contribution in [0.5, 0.6) is 0 Å². The lowest BCUT2D eigenvalue weighted by Crippen LogP contribution is -2.31. The van der Waals surface area contributed by atoms with Crippen LogP contribution in [0.2, 0.25) is 5.02 Å². The number of benzene rings is 2. The minimum atomic E-state index is -0.293. The van der Waals surface area contributed by atoms with Gasteiger partial charge in [0.05, 0.1) is 11.1 Å². The zero-order valence-corrected chi connectivity index (χ0v) is 13.7. The molecule has 25 heavy (non-hydrogen) atoms. The van der Waals surface area contributed by atoms with Crippen molar-refractivity contribution in [3.63, 3.8) is 0 Å². The Hall–Kier alpha value is -2.99. The first-order chi connectivity index (χ1) is 12.1. The highest BCUT2D eigenvalue weighted by Crippen LogP contribution is 2.23. The molecular weight excluding hydrogens is 342 g/mol. The number of fused-ring (bicyclic) bond motifs is 1. The molecule has 1 aliphatic heterocycles. The fourth-order valence-corrected chi connectivity index (χ4v) is 2.84. The third-order valence-corrected chi connectivity index (χ3v) is 4.24. The van der Waals surface area contributed by atoms with Crippen LogP contribution < -0.4 is 0 Å². The van der Waals surface area contributed by atoms with Gasteiger partial charge >= 0.3 is 0 Å². The summed E-state index contributed by atoms with van der Waals surface area (Å²) in [6.45, 7) is 0.189. The van der Waals surface area contributed by atoms with Crippen LogP contribution in [0.25, 0.3) is 11.5 Å². The molecule has 0 unspecified atom stereocenters. The SMILES string of the molecule is O=C1c2ccccc2C(=O)N1CCc1nnc(-c2ccc(Cl)cc2)o1. The zero-order chi connectivity index (χ0) is 17.4. The number of imide groups is 1. The smallest absolute Gasteiger partial charge is 0.261 e. The van der Waals surface area contributed by atoms with E-state index in [0.717, 1.165) is 5.56 Å². The van der Waals surface area contributed by atoms with Gasteiger partial charge in [-0.15, -0.1) is 10.2 Å². The first-order valence-corrected chi connectivity index (χ1v) is 8.05. The second kappa shape index (κ2) is 6.14. The normalized spacial score (nSPS) is 13.4. The molecule has 0 atom stereocenters. The van der Waals surface area contributed by atoms with Gasteiger partial charge in [0, 0.05) is 23.6 Å². The van der Waals surface area contributed by atoms with E-state index in [2.05, 4.69) is 10.2 Å². The molecule has 0 radical (unpaired) electrons. The average molecular weight is 354 g/mol. The van der Waals surface area contributed by atoms with Crippen molar-refractivity contribution < 1.29 is 14.0 Å². The largest absolute Gasteiger partial charge is 0.421 e. The Morgan fingerprint density at radius 2 is 1.56 bits per heavy atom. The molecule has 6 nitrogen and oxygen atoms in total. The minimum absolute atomic E-state index is 0.189. The predicted molar refractivity (Wildman–Crippen MR) is 90.3 cm³/mol. The van der Waals surface area contributed by atoms with Gasteiger partial charge in [0.2, 0.25) is 11.8 Å². The standard InChI is InChI=1S/C18H12ClN3O3/c19-12-7-5-11(6-8-12)16-21-20-15(25-16)9-10-22-17(23)13-3-1-2-4-14(13)18(22)24/h1-8H,9-10H2. The fourth-order valence-electron chi connectivity index (χ4n) is 2.71. The van der Waals surface area contributed by atoms with E-state index in [1.807, 2.05) is 0 Å². The van der Waals surface area contributed by atoms with Gasteiger partial charge in [0.1, 0.15) is 0 Å². The summed E-state index contributed by atoms with van der Waals surface area (Å²) in [5.41, 5.74) is 1.61. The summed E-state index contributed by atoms with van der Waals surface area (Å²) in [5, 5.41) is 8.59. The van der Waals surface area contributed by atoms with Crippen LogP contribution in [-0.2, 0) is 6.42 Å². The van der Waals surface area contributed by atoms with Crippen molar-refractivity contribution in [3.8, 4) is 11.5 Å². The highest BCUT2D eigenvalue weighted by atomic mass is 35.5. The molecule has 2 aromatic carbocycles. The number of nitrogens with zero attached hydrogens (tertiary/aromatic N) is 3. The molecule has 1 aliphatic rings. The van der Waals surface area contributed by atoms with Gasteiger partial charge in [0.25, 0.3) is 11.8 Å². The maximum absolute atomic E-state index is 12.3. The van der Waals surface area contributed by atoms with Crippen LogP contribution in [0.3, 0.4) is 0 Å². The summed E-state index contributed by atoms with van der Waals surface area (Å²) in [4.78, 5) is 25.8. The molecule has 0 saturated carbocycles. The van der Waals surface area contributed by atoms with E-state index in [1.165, 1.54) is 4.90 Å². The summed E-state index contributed by atoms with van der Waals surface area (Å²) in [6.07, 6.45) is 0.298. The lowest BCUT2D eigenvalue weighted by atomic mass is 10.1. The number of aromatic nitrogens is 2. The Balaban J connectivity index is 1.47. The van der Waals surface area contributed by atoms with Crippen LogP contribution in [0, 0.1) is 0 Å².